The lowest BCUT2D eigenvalue weighted by Gasteiger charge is -2.15. The van der Waals surface area contributed by atoms with E-state index in [2.05, 4.69) is 0 Å². The Morgan fingerprint density at radius 1 is 1.09 bits per heavy atom. The van der Waals surface area contributed by atoms with E-state index in [0.29, 0.717) is 0 Å². The van der Waals surface area contributed by atoms with Crippen molar-refractivity contribution in [1.82, 2.24) is 0 Å². The zero-order valence-electron chi connectivity index (χ0n) is 6.21. The number of aliphatic hydroxyl groups is 3. The molecule has 0 unspecified atom stereocenters. The Hall–Kier alpha value is 0.190. The molecule has 1 aliphatic rings. The number of rotatable bonds is 1. The molecule has 0 aromatic heterocycles. The van der Waals surface area contributed by atoms with Gasteiger partial charge >= 0.3 is 0 Å². The van der Waals surface area contributed by atoms with Crippen LogP contribution < -0.4 is 5.73 Å². The van der Waals surface area contributed by atoms with Crippen LogP contribution >= 0.6 is 11.8 Å². The molecular weight excluding hydrogens is 166 g/mol. The van der Waals surface area contributed by atoms with Crippen LogP contribution in [0.3, 0.4) is 0 Å². The van der Waals surface area contributed by atoms with Gasteiger partial charge in [0.1, 0.15) is 6.10 Å². The second kappa shape index (κ2) is 3.28. The maximum atomic E-state index is 9.29. The molecule has 0 spiro atoms. The molecule has 0 heterocycles. The lowest BCUT2D eigenvalue weighted by Crippen LogP contribution is -2.39. The van der Waals surface area contributed by atoms with E-state index in [1.54, 1.807) is 6.26 Å². The fourth-order valence-electron chi connectivity index (χ4n) is 1.34. The second-order valence-electron chi connectivity index (χ2n) is 2.75. The topological polar surface area (TPSA) is 86.7 Å². The van der Waals surface area contributed by atoms with Gasteiger partial charge in [0, 0.05) is 6.04 Å². The summed E-state index contributed by atoms with van der Waals surface area (Å²) >= 11 is 1.36. The summed E-state index contributed by atoms with van der Waals surface area (Å²) in [4.78, 5) is 0. The van der Waals surface area contributed by atoms with E-state index in [0.717, 1.165) is 0 Å². The van der Waals surface area contributed by atoms with E-state index >= 15 is 0 Å². The Morgan fingerprint density at radius 3 is 1.82 bits per heavy atom. The maximum Gasteiger partial charge on any atom is 0.108 e. The Kier molecular flexibility index (Phi) is 2.77. The number of nitrogens with two attached hydrogens (primary N) is 1. The molecule has 0 radical (unpaired) electrons. The van der Waals surface area contributed by atoms with Crippen LogP contribution in [0.15, 0.2) is 0 Å². The van der Waals surface area contributed by atoms with Crippen LogP contribution in [-0.2, 0) is 0 Å². The van der Waals surface area contributed by atoms with Gasteiger partial charge in [-0.15, -0.1) is 0 Å². The molecule has 0 saturated heterocycles. The van der Waals surface area contributed by atoms with Crippen molar-refractivity contribution in [1.29, 1.82) is 0 Å². The Bertz CT molecular complexity index is 132. The summed E-state index contributed by atoms with van der Waals surface area (Å²) in [6.07, 6.45) is -1.21. The van der Waals surface area contributed by atoms with Gasteiger partial charge in [-0.1, -0.05) is 0 Å². The molecule has 0 aliphatic heterocycles. The third-order valence-corrected chi connectivity index (χ3v) is 3.22. The van der Waals surface area contributed by atoms with Crippen molar-refractivity contribution >= 4 is 11.8 Å². The van der Waals surface area contributed by atoms with Gasteiger partial charge in [-0.25, -0.2) is 0 Å². The first kappa shape index (κ1) is 9.28. The summed E-state index contributed by atoms with van der Waals surface area (Å²) < 4.78 is 0. The van der Waals surface area contributed by atoms with Gasteiger partial charge in [-0.3, -0.25) is 0 Å². The van der Waals surface area contributed by atoms with Crippen LogP contribution in [0.25, 0.3) is 0 Å². The van der Waals surface area contributed by atoms with Crippen molar-refractivity contribution in [3.8, 4) is 0 Å². The molecular formula is C6H13NO3S. The van der Waals surface area contributed by atoms with Crippen molar-refractivity contribution in [2.24, 2.45) is 5.73 Å². The molecule has 11 heavy (non-hydrogen) atoms. The van der Waals surface area contributed by atoms with Gasteiger partial charge < -0.3 is 21.1 Å². The molecule has 1 saturated carbocycles. The fourth-order valence-corrected chi connectivity index (χ4v) is 2.26. The van der Waals surface area contributed by atoms with E-state index in [1.165, 1.54) is 11.8 Å². The average molecular weight is 179 g/mol. The number of thioether (sulfide) groups is 1. The molecule has 5 atom stereocenters. The number of aliphatic hydroxyl groups excluding tert-OH is 3. The third-order valence-electron chi connectivity index (χ3n) is 2.08. The maximum absolute atomic E-state index is 9.29. The highest BCUT2D eigenvalue weighted by molar-refractivity contribution is 7.99. The highest BCUT2D eigenvalue weighted by atomic mass is 32.2. The molecule has 5 heteroatoms. The molecule has 5 N–H and O–H groups in total. The molecule has 0 amide bonds. The molecule has 0 aromatic rings. The monoisotopic (exact) mass is 179 g/mol. The molecule has 0 bridgehead atoms. The van der Waals surface area contributed by atoms with Gasteiger partial charge in [-0.05, 0) is 6.26 Å². The minimum atomic E-state index is -1.09. The van der Waals surface area contributed by atoms with Crippen LogP contribution in [0, 0.1) is 0 Å². The van der Waals surface area contributed by atoms with E-state index in [9.17, 15) is 10.2 Å². The van der Waals surface area contributed by atoms with Crippen molar-refractivity contribution in [3.63, 3.8) is 0 Å². The van der Waals surface area contributed by atoms with Crippen molar-refractivity contribution in [3.05, 3.63) is 0 Å². The third kappa shape index (κ3) is 1.39. The lowest BCUT2D eigenvalue weighted by atomic mass is 10.2. The minimum absolute atomic E-state index is 0.264. The molecule has 1 rings (SSSR count). The first-order valence-electron chi connectivity index (χ1n) is 3.42. The largest absolute Gasteiger partial charge is 0.389 e. The summed E-state index contributed by atoms with van der Waals surface area (Å²) in [6, 6.07) is -0.532. The second-order valence-corrected chi connectivity index (χ2v) is 3.77. The van der Waals surface area contributed by atoms with Crippen molar-refractivity contribution in [2.45, 2.75) is 29.6 Å². The molecule has 4 nitrogen and oxygen atoms in total. The first-order chi connectivity index (χ1) is 5.09. The van der Waals surface area contributed by atoms with Gasteiger partial charge in [0.2, 0.25) is 0 Å². The van der Waals surface area contributed by atoms with Gasteiger partial charge in [-0.2, -0.15) is 11.8 Å². The molecule has 1 fully saturated rings. The predicted octanol–water partition coefficient (Wildman–Crippen LogP) is -1.86. The Labute approximate surface area is 69.4 Å². The summed E-state index contributed by atoms with van der Waals surface area (Å²) in [5.74, 6) is 0. The average Bonchev–Trinajstić information content (AvgIpc) is 2.17. The standard InChI is InChI=1S/C6H13NO3S/c1-11-6-2(7)3(8)4(9)5(6)10/h2-6,8-10H,7H2,1H3/t2-,3-,4-,5-,6+/m1/s1. The smallest absolute Gasteiger partial charge is 0.108 e. The summed E-state index contributed by atoms with van der Waals surface area (Å²) in [6.45, 7) is 0. The zero-order chi connectivity index (χ0) is 8.59. The van der Waals surface area contributed by atoms with Crippen LogP contribution in [-0.4, -0.2) is 51.2 Å². The van der Waals surface area contributed by atoms with E-state index in [1.807, 2.05) is 0 Å². The highest BCUT2D eigenvalue weighted by Gasteiger charge is 2.46. The van der Waals surface area contributed by atoms with Crippen LogP contribution in [0.1, 0.15) is 0 Å². The molecule has 0 aromatic carbocycles. The zero-order valence-corrected chi connectivity index (χ0v) is 7.03. The van der Waals surface area contributed by atoms with Crippen molar-refractivity contribution < 1.29 is 15.3 Å². The van der Waals surface area contributed by atoms with Gasteiger partial charge in [0.25, 0.3) is 0 Å². The summed E-state index contributed by atoms with van der Waals surface area (Å²) in [7, 11) is 0. The van der Waals surface area contributed by atoms with Crippen LogP contribution in [0.5, 0.6) is 0 Å². The van der Waals surface area contributed by atoms with E-state index < -0.39 is 24.4 Å². The van der Waals surface area contributed by atoms with Crippen molar-refractivity contribution in [2.75, 3.05) is 6.26 Å². The Morgan fingerprint density at radius 2 is 1.64 bits per heavy atom. The SMILES string of the molecule is CS[C@H]1[C@H](N)[C@@H](O)[C@@H](O)[C@H]1O. The van der Waals surface area contributed by atoms with Crippen LogP contribution in [0.2, 0.25) is 0 Å². The molecule has 66 valence electrons. The Balaban J connectivity index is 2.69. The van der Waals surface area contributed by atoms with Gasteiger partial charge in [0.15, 0.2) is 0 Å². The summed E-state index contributed by atoms with van der Waals surface area (Å²) in [5.41, 5.74) is 5.52. The minimum Gasteiger partial charge on any atom is -0.389 e. The first-order valence-corrected chi connectivity index (χ1v) is 4.71. The normalized spacial score (nSPS) is 51.5. The molecule has 1 aliphatic carbocycles. The number of hydrogen-bond acceptors (Lipinski definition) is 5. The van der Waals surface area contributed by atoms with Crippen LogP contribution in [0.4, 0.5) is 0 Å². The van der Waals surface area contributed by atoms with E-state index in [4.69, 9.17) is 10.8 Å². The number of hydrogen-bond donors (Lipinski definition) is 4. The van der Waals surface area contributed by atoms with E-state index in [-0.39, 0.29) is 5.25 Å². The highest BCUT2D eigenvalue weighted by Crippen LogP contribution is 2.28. The predicted molar refractivity (Wildman–Crippen MR) is 43.3 cm³/mol. The van der Waals surface area contributed by atoms with Gasteiger partial charge in [0.05, 0.1) is 17.5 Å². The lowest BCUT2D eigenvalue weighted by molar-refractivity contribution is -0.0198. The fraction of sp³-hybridized carbons (Fsp3) is 1.00. The quantitative estimate of drug-likeness (QED) is 0.379. The summed E-state index contributed by atoms with van der Waals surface area (Å²) in [5, 5.41) is 27.4.